The van der Waals surface area contributed by atoms with Crippen molar-refractivity contribution in [1.82, 2.24) is 4.90 Å². The van der Waals surface area contributed by atoms with Crippen LogP contribution in [0.5, 0.6) is 0 Å². The largest absolute Gasteiger partial charge is 0.375 e. The molecule has 0 spiro atoms. The molecule has 1 aliphatic heterocycles. The molecule has 26 heavy (non-hydrogen) atoms. The number of aliphatic hydroxyl groups is 1. The standard InChI is InChI=1S/C8H15NO.C7H14N2S.3C2H6/c1-2-8(10)9-6-4-3-5-7-9;1-4-6(9-2)7(5-8)10-3;3*1-2/h2,8,10H,1,3-7H2;5-8H,2,4H2,1,3H3;3*1-2H3. The van der Waals surface area contributed by atoms with Gasteiger partial charge in [-0.05, 0) is 38.3 Å². The van der Waals surface area contributed by atoms with Gasteiger partial charge in [0.2, 0.25) is 0 Å². The van der Waals surface area contributed by atoms with Crippen LogP contribution in [0.25, 0.3) is 0 Å². The highest BCUT2D eigenvalue weighted by Crippen LogP contribution is 2.14. The van der Waals surface area contributed by atoms with Gasteiger partial charge in [-0.3, -0.25) is 9.89 Å². The molecule has 158 valence electrons. The van der Waals surface area contributed by atoms with Gasteiger partial charge >= 0.3 is 0 Å². The zero-order valence-corrected chi connectivity index (χ0v) is 19.6. The average molecular weight is 390 g/mol. The number of piperidine rings is 1. The predicted molar refractivity (Wildman–Crippen MR) is 125 cm³/mol. The van der Waals surface area contributed by atoms with Crippen molar-refractivity contribution in [3.63, 3.8) is 0 Å². The molecule has 2 N–H and O–H groups in total. The Bertz CT molecular complexity index is 268. The second-order valence-corrected chi connectivity index (χ2v) is 5.79. The Morgan fingerprint density at radius 3 is 1.81 bits per heavy atom. The molecule has 0 aromatic rings. The van der Waals surface area contributed by atoms with Gasteiger partial charge in [-0.2, -0.15) is 11.8 Å². The summed E-state index contributed by atoms with van der Waals surface area (Å²) in [4.78, 5) is 5.98. The van der Waals surface area contributed by atoms with Crippen LogP contribution in [0, 0.1) is 5.41 Å². The third-order valence-corrected chi connectivity index (χ3v) is 4.44. The Labute approximate surface area is 169 Å². The molecule has 0 aliphatic carbocycles. The van der Waals surface area contributed by atoms with E-state index in [0.717, 1.165) is 19.5 Å². The maximum atomic E-state index is 9.29. The number of nitrogens with zero attached hydrogens (tertiary/aromatic N) is 2. The molecule has 1 aliphatic rings. The minimum absolute atomic E-state index is 0.211. The van der Waals surface area contributed by atoms with Crippen LogP contribution in [-0.4, -0.2) is 59.8 Å². The molecule has 3 atom stereocenters. The van der Waals surface area contributed by atoms with Crippen molar-refractivity contribution in [2.45, 2.75) is 91.7 Å². The summed E-state index contributed by atoms with van der Waals surface area (Å²) in [7, 11) is 0. The molecule has 4 nitrogen and oxygen atoms in total. The van der Waals surface area contributed by atoms with Gasteiger partial charge in [-0.15, -0.1) is 0 Å². The molecule has 1 heterocycles. The summed E-state index contributed by atoms with van der Waals surface area (Å²) < 4.78 is 0. The van der Waals surface area contributed by atoms with Crippen LogP contribution >= 0.6 is 11.8 Å². The molecule has 1 saturated heterocycles. The Balaban J connectivity index is -0.000000144. The zero-order valence-electron chi connectivity index (χ0n) is 18.8. The number of thioether (sulfide) groups is 1. The SMILES string of the molecule is C=CC(O)N1CCCCC1.C=NC(CC)C(C=N)SC.CC.CC.CC. The first-order valence-electron chi connectivity index (χ1n) is 10.2. The Morgan fingerprint density at radius 1 is 1.12 bits per heavy atom. The molecule has 1 rings (SSSR count). The fraction of sp³-hybridized carbons (Fsp3) is 0.810. The van der Waals surface area contributed by atoms with Crippen molar-refractivity contribution in [3.05, 3.63) is 12.7 Å². The molecule has 0 aromatic carbocycles. The number of hydrogen-bond donors (Lipinski definition) is 2. The summed E-state index contributed by atoms with van der Waals surface area (Å²) in [5.41, 5.74) is 0. The zero-order chi connectivity index (χ0) is 21.4. The fourth-order valence-electron chi connectivity index (χ4n) is 2.13. The van der Waals surface area contributed by atoms with Crippen LogP contribution in [0.4, 0.5) is 0 Å². The molecule has 0 radical (unpaired) electrons. The van der Waals surface area contributed by atoms with E-state index in [1.807, 2.05) is 47.8 Å². The van der Waals surface area contributed by atoms with Crippen molar-refractivity contribution in [2.75, 3.05) is 19.3 Å². The van der Waals surface area contributed by atoms with Gasteiger partial charge in [0.1, 0.15) is 6.23 Å². The van der Waals surface area contributed by atoms with E-state index in [1.165, 1.54) is 25.5 Å². The fourth-order valence-corrected chi connectivity index (χ4v) is 2.86. The number of hydrogen-bond acceptors (Lipinski definition) is 5. The lowest BCUT2D eigenvalue weighted by Crippen LogP contribution is -2.37. The first-order chi connectivity index (χ1) is 12.6. The highest BCUT2D eigenvalue weighted by Gasteiger charge is 2.14. The van der Waals surface area contributed by atoms with E-state index in [4.69, 9.17) is 5.41 Å². The Hall–Kier alpha value is -0.650. The normalized spacial score (nSPS) is 16.0. The van der Waals surface area contributed by atoms with Crippen LogP contribution in [-0.2, 0) is 0 Å². The van der Waals surface area contributed by atoms with Crippen LogP contribution < -0.4 is 0 Å². The Morgan fingerprint density at radius 2 is 1.58 bits per heavy atom. The van der Waals surface area contributed by atoms with E-state index in [2.05, 4.69) is 30.1 Å². The maximum absolute atomic E-state index is 9.29. The number of aliphatic hydroxyl groups excluding tert-OH is 1. The van der Waals surface area contributed by atoms with Gasteiger partial charge in [0.25, 0.3) is 0 Å². The number of rotatable bonds is 7. The van der Waals surface area contributed by atoms with Crippen molar-refractivity contribution in [1.29, 1.82) is 5.41 Å². The highest BCUT2D eigenvalue weighted by molar-refractivity contribution is 7.99. The molecule has 3 unspecified atom stereocenters. The van der Waals surface area contributed by atoms with Gasteiger partial charge in [-0.1, -0.05) is 61.5 Å². The first kappa shape index (κ1) is 33.0. The van der Waals surface area contributed by atoms with Crippen molar-refractivity contribution < 1.29 is 5.11 Å². The predicted octanol–water partition coefficient (Wildman–Crippen LogP) is 5.90. The lowest BCUT2D eigenvalue weighted by atomic mass is 10.1. The highest BCUT2D eigenvalue weighted by atomic mass is 32.2. The van der Waals surface area contributed by atoms with E-state index in [1.54, 1.807) is 17.8 Å². The van der Waals surface area contributed by atoms with E-state index < -0.39 is 6.23 Å². The smallest absolute Gasteiger partial charge is 0.126 e. The van der Waals surface area contributed by atoms with Gasteiger partial charge in [0.05, 0.1) is 11.3 Å². The molecule has 1 fully saturated rings. The molecule has 5 heteroatoms. The van der Waals surface area contributed by atoms with Gasteiger partial charge in [0.15, 0.2) is 0 Å². The number of likely N-dealkylation sites (tertiary alicyclic amines) is 1. The average Bonchev–Trinajstić information content (AvgIpc) is 2.76. The van der Waals surface area contributed by atoms with E-state index >= 15 is 0 Å². The van der Waals surface area contributed by atoms with Crippen molar-refractivity contribution in [2.24, 2.45) is 4.99 Å². The Kier molecular flexibility index (Phi) is 36.9. The van der Waals surface area contributed by atoms with Crippen LogP contribution in [0.2, 0.25) is 0 Å². The molecule has 0 aromatic heterocycles. The van der Waals surface area contributed by atoms with E-state index in [0.29, 0.717) is 0 Å². The monoisotopic (exact) mass is 389 g/mol. The first-order valence-corrected chi connectivity index (χ1v) is 11.5. The van der Waals surface area contributed by atoms with Crippen molar-refractivity contribution >= 4 is 24.7 Å². The summed E-state index contributed by atoms with van der Waals surface area (Å²) in [6, 6.07) is 0.215. The molecule has 0 amide bonds. The van der Waals surface area contributed by atoms with E-state index in [-0.39, 0.29) is 11.3 Å². The summed E-state index contributed by atoms with van der Waals surface area (Å²) >= 11 is 1.65. The second-order valence-electron chi connectivity index (χ2n) is 4.77. The topological polar surface area (TPSA) is 59.7 Å². The lowest BCUT2D eigenvalue weighted by Gasteiger charge is -2.29. The molecule has 0 bridgehead atoms. The second kappa shape index (κ2) is 29.1. The third kappa shape index (κ3) is 18.2. The third-order valence-electron chi connectivity index (χ3n) is 3.44. The summed E-state index contributed by atoms with van der Waals surface area (Å²) in [6.07, 6.45) is 9.29. The van der Waals surface area contributed by atoms with Gasteiger partial charge < -0.3 is 10.5 Å². The van der Waals surface area contributed by atoms with E-state index in [9.17, 15) is 5.11 Å². The molecular weight excluding hydrogens is 342 g/mol. The molecular formula is C21H47N3OS. The van der Waals surface area contributed by atoms with Crippen LogP contribution in [0.1, 0.15) is 74.1 Å². The minimum atomic E-state index is -0.416. The minimum Gasteiger partial charge on any atom is -0.375 e. The summed E-state index contributed by atoms with van der Waals surface area (Å²) in [5.74, 6) is 0. The quantitative estimate of drug-likeness (QED) is 0.421. The van der Waals surface area contributed by atoms with Crippen LogP contribution in [0.15, 0.2) is 17.6 Å². The maximum Gasteiger partial charge on any atom is 0.126 e. The number of nitrogens with one attached hydrogen (secondary N) is 1. The van der Waals surface area contributed by atoms with Crippen LogP contribution in [0.3, 0.4) is 0 Å². The van der Waals surface area contributed by atoms with Gasteiger partial charge in [-0.25, -0.2) is 0 Å². The number of aliphatic imine (C=N–C) groups is 1. The summed E-state index contributed by atoms with van der Waals surface area (Å²) in [6.45, 7) is 23.1. The van der Waals surface area contributed by atoms with Crippen molar-refractivity contribution in [3.8, 4) is 0 Å². The van der Waals surface area contributed by atoms with Gasteiger partial charge in [0, 0.05) is 19.3 Å². The molecule has 0 saturated carbocycles. The lowest BCUT2D eigenvalue weighted by molar-refractivity contribution is 0.0285. The summed E-state index contributed by atoms with van der Waals surface area (Å²) in [5, 5.41) is 16.6.